The molecule has 1 aliphatic heterocycles. The minimum atomic E-state index is -1.04. The summed E-state index contributed by atoms with van der Waals surface area (Å²) in [5, 5.41) is 2.11. The Hall–Kier alpha value is -0.0600. The summed E-state index contributed by atoms with van der Waals surface area (Å²) in [6.07, 6.45) is -0.655. The van der Waals surface area contributed by atoms with Crippen molar-refractivity contribution in [1.82, 2.24) is 5.32 Å². The standard InChI is InChI=1S/C8H13NO3.Na/c1-7(2,3)8(4)5(10)9-6(11)12-8;/h1-4H3,(H,9,10,11);/q;+1. The SMILES string of the molecule is CC(C)(C)C1(C)OC(=O)NC1=O.[Na+]. The minimum Gasteiger partial charge on any atom is -0.432 e. The van der Waals surface area contributed by atoms with Crippen molar-refractivity contribution < 1.29 is 43.9 Å². The van der Waals surface area contributed by atoms with E-state index in [-0.39, 0.29) is 40.9 Å². The summed E-state index contributed by atoms with van der Waals surface area (Å²) in [7, 11) is 0. The summed E-state index contributed by atoms with van der Waals surface area (Å²) in [5.41, 5.74) is -1.42. The van der Waals surface area contributed by atoms with Crippen molar-refractivity contribution in [2.75, 3.05) is 0 Å². The van der Waals surface area contributed by atoms with E-state index < -0.39 is 11.7 Å². The largest absolute Gasteiger partial charge is 1.00 e. The van der Waals surface area contributed by atoms with Crippen molar-refractivity contribution >= 4 is 12.0 Å². The first-order valence-corrected chi connectivity index (χ1v) is 3.82. The van der Waals surface area contributed by atoms with Gasteiger partial charge in [-0.3, -0.25) is 10.1 Å². The molecule has 0 radical (unpaired) electrons. The van der Waals surface area contributed by atoms with Crippen LogP contribution in [-0.4, -0.2) is 17.6 Å². The summed E-state index contributed by atoms with van der Waals surface area (Å²) in [6, 6.07) is 0. The molecule has 1 saturated heterocycles. The van der Waals surface area contributed by atoms with Gasteiger partial charge in [-0.1, -0.05) is 20.8 Å². The number of amides is 2. The predicted molar refractivity (Wildman–Crippen MR) is 42.5 cm³/mol. The van der Waals surface area contributed by atoms with E-state index in [0.29, 0.717) is 0 Å². The normalized spacial score (nSPS) is 27.7. The van der Waals surface area contributed by atoms with Gasteiger partial charge in [-0.05, 0) is 6.92 Å². The van der Waals surface area contributed by atoms with Crippen LogP contribution in [0.15, 0.2) is 0 Å². The Kier molecular flexibility index (Phi) is 3.58. The molecule has 0 saturated carbocycles. The van der Waals surface area contributed by atoms with E-state index >= 15 is 0 Å². The van der Waals surface area contributed by atoms with Gasteiger partial charge in [0, 0.05) is 5.41 Å². The average molecular weight is 194 g/mol. The molecule has 68 valence electrons. The summed E-state index contributed by atoms with van der Waals surface area (Å²) in [5.74, 6) is -0.361. The van der Waals surface area contributed by atoms with Gasteiger partial charge >= 0.3 is 35.7 Å². The van der Waals surface area contributed by atoms with Crippen molar-refractivity contribution in [3.63, 3.8) is 0 Å². The van der Waals surface area contributed by atoms with Crippen LogP contribution in [0.25, 0.3) is 0 Å². The molecule has 1 N–H and O–H groups in total. The van der Waals surface area contributed by atoms with Crippen molar-refractivity contribution in [2.45, 2.75) is 33.3 Å². The quantitative estimate of drug-likeness (QED) is 0.456. The molecular weight excluding hydrogens is 181 g/mol. The number of carbonyl (C=O) groups is 2. The van der Waals surface area contributed by atoms with Gasteiger partial charge in [0.1, 0.15) is 0 Å². The Morgan fingerprint density at radius 1 is 1.31 bits per heavy atom. The Labute approximate surface area is 99.7 Å². The minimum absolute atomic E-state index is 0. The first-order chi connectivity index (χ1) is 5.27. The second kappa shape index (κ2) is 3.59. The van der Waals surface area contributed by atoms with E-state index in [0.717, 1.165) is 0 Å². The molecule has 13 heavy (non-hydrogen) atoms. The van der Waals surface area contributed by atoms with E-state index in [9.17, 15) is 9.59 Å². The number of alkyl carbamates (subject to hydrolysis) is 1. The number of cyclic esters (lactones) is 1. The molecule has 0 aliphatic carbocycles. The van der Waals surface area contributed by atoms with E-state index in [1.165, 1.54) is 0 Å². The van der Waals surface area contributed by atoms with Crippen LogP contribution in [0.1, 0.15) is 27.7 Å². The maximum Gasteiger partial charge on any atom is 1.00 e. The molecule has 1 fully saturated rings. The third kappa shape index (κ3) is 2.06. The molecule has 4 nitrogen and oxygen atoms in total. The fourth-order valence-corrected chi connectivity index (χ4v) is 0.963. The van der Waals surface area contributed by atoms with Gasteiger partial charge in [0.15, 0.2) is 5.60 Å². The molecule has 1 atom stereocenters. The molecule has 1 aliphatic rings. The molecule has 1 heterocycles. The van der Waals surface area contributed by atoms with Crippen LogP contribution in [0.4, 0.5) is 4.79 Å². The third-order valence-corrected chi connectivity index (χ3v) is 2.38. The van der Waals surface area contributed by atoms with E-state index in [4.69, 9.17) is 4.74 Å². The molecule has 0 bridgehead atoms. The Morgan fingerprint density at radius 3 is 1.92 bits per heavy atom. The Bertz CT molecular complexity index is 246. The molecule has 1 unspecified atom stereocenters. The van der Waals surface area contributed by atoms with Crippen LogP contribution in [0.3, 0.4) is 0 Å². The van der Waals surface area contributed by atoms with Gasteiger partial charge in [-0.2, -0.15) is 0 Å². The first-order valence-electron chi connectivity index (χ1n) is 3.82. The molecule has 0 aromatic rings. The van der Waals surface area contributed by atoms with Gasteiger partial charge in [-0.15, -0.1) is 0 Å². The number of imide groups is 1. The predicted octanol–water partition coefficient (Wildman–Crippen LogP) is -1.94. The molecule has 5 heteroatoms. The van der Waals surface area contributed by atoms with Crippen LogP contribution >= 0.6 is 0 Å². The molecular formula is C8H13NNaO3+. The van der Waals surface area contributed by atoms with E-state index in [2.05, 4.69) is 5.32 Å². The maximum atomic E-state index is 11.3. The van der Waals surface area contributed by atoms with E-state index in [1.807, 2.05) is 20.8 Å². The maximum absolute atomic E-state index is 11.3. The fraction of sp³-hybridized carbons (Fsp3) is 0.750. The molecule has 1 rings (SSSR count). The van der Waals surface area contributed by atoms with Gasteiger partial charge < -0.3 is 4.74 Å². The van der Waals surface area contributed by atoms with Crippen LogP contribution in [-0.2, 0) is 9.53 Å². The van der Waals surface area contributed by atoms with Crippen molar-refractivity contribution in [1.29, 1.82) is 0 Å². The van der Waals surface area contributed by atoms with Crippen molar-refractivity contribution in [2.24, 2.45) is 5.41 Å². The zero-order valence-corrected chi connectivity index (χ0v) is 10.7. The first kappa shape index (κ1) is 12.9. The summed E-state index contributed by atoms with van der Waals surface area (Å²) in [4.78, 5) is 22.1. The zero-order valence-electron chi connectivity index (χ0n) is 8.72. The second-order valence-electron chi connectivity index (χ2n) is 4.13. The summed E-state index contributed by atoms with van der Waals surface area (Å²) < 4.78 is 4.93. The van der Waals surface area contributed by atoms with Crippen LogP contribution in [0.5, 0.6) is 0 Å². The molecule has 0 spiro atoms. The van der Waals surface area contributed by atoms with Gasteiger partial charge in [0.05, 0.1) is 0 Å². The van der Waals surface area contributed by atoms with Gasteiger partial charge in [0.25, 0.3) is 5.91 Å². The van der Waals surface area contributed by atoms with Gasteiger partial charge in [0.2, 0.25) is 0 Å². The van der Waals surface area contributed by atoms with Gasteiger partial charge in [-0.25, -0.2) is 4.79 Å². The molecule has 2 amide bonds. The fourth-order valence-electron chi connectivity index (χ4n) is 0.963. The molecule has 0 aromatic carbocycles. The van der Waals surface area contributed by atoms with Crippen LogP contribution < -0.4 is 34.9 Å². The second-order valence-corrected chi connectivity index (χ2v) is 4.13. The summed E-state index contributed by atoms with van der Waals surface area (Å²) in [6.45, 7) is 7.18. The Balaban J connectivity index is 0.00000144. The number of rotatable bonds is 0. The number of hydrogen-bond acceptors (Lipinski definition) is 3. The average Bonchev–Trinajstić information content (AvgIpc) is 2.06. The smallest absolute Gasteiger partial charge is 0.432 e. The zero-order chi connectivity index (χ0) is 9.57. The molecule has 0 aromatic heterocycles. The number of hydrogen-bond donors (Lipinski definition) is 1. The third-order valence-electron chi connectivity index (χ3n) is 2.38. The van der Waals surface area contributed by atoms with Crippen molar-refractivity contribution in [3.8, 4) is 0 Å². The monoisotopic (exact) mass is 194 g/mol. The number of ether oxygens (including phenoxy) is 1. The number of nitrogens with one attached hydrogen (secondary N) is 1. The van der Waals surface area contributed by atoms with Crippen LogP contribution in [0.2, 0.25) is 0 Å². The number of carbonyl (C=O) groups excluding carboxylic acids is 2. The Morgan fingerprint density at radius 2 is 1.77 bits per heavy atom. The topological polar surface area (TPSA) is 55.4 Å². The van der Waals surface area contributed by atoms with Crippen LogP contribution in [0, 0.1) is 5.41 Å². The summed E-state index contributed by atoms with van der Waals surface area (Å²) >= 11 is 0. The van der Waals surface area contributed by atoms with E-state index in [1.54, 1.807) is 6.92 Å². The van der Waals surface area contributed by atoms with Crippen molar-refractivity contribution in [3.05, 3.63) is 0 Å².